The van der Waals surface area contributed by atoms with Gasteiger partial charge in [-0.05, 0) is 39.0 Å². The third-order valence-corrected chi connectivity index (χ3v) is 3.46. The fourth-order valence-corrected chi connectivity index (χ4v) is 2.27. The van der Waals surface area contributed by atoms with Crippen LogP contribution in [0.2, 0.25) is 0 Å². The first kappa shape index (κ1) is 16.9. The molecule has 114 valence electrons. The molecule has 7 heteroatoms. The van der Waals surface area contributed by atoms with Crippen molar-refractivity contribution in [3.8, 4) is 0 Å². The predicted octanol–water partition coefficient (Wildman–Crippen LogP) is 1.49. The molecular formula is C14H18N2O4S. The summed E-state index contributed by atoms with van der Waals surface area (Å²) in [7, 11) is 0. The van der Waals surface area contributed by atoms with Crippen LogP contribution in [0.5, 0.6) is 0 Å². The Labute approximate surface area is 126 Å². The molecule has 1 unspecified atom stereocenters. The van der Waals surface area contributed by atoms with Crippen LogP contribution in [-0.4, -0.2) is 35.0 Å². The average Bonchev–Trinajstić information content (AvgIpc) is 2.84. The fraction of sp³-hybridized carbons (Fsp3) is 0.357. The second kappa shape index (κ2) is 7.58. The van der Waals surface area contributed by atoms with E-state index in [2.05, 4.69) is 10.6 Å². The number of nitrogens with one attached hydrogen (secondary N) is 2. The predicted molar refractivity (Wildman–Crippen MR) is 81.2 cm³/mol. The lowest BCUT2D eigenvalue weighted by atomic mass is 10.2. The summed E-state index contributed by atoms with van der Waals surface area (Å²) in [5.41, 5.74) is 0. The van der Waals surface area contributed by atoms with Gasteiger partial charge in [-0.2, -0.15) is 0 Å². The molecule has 6 nitrogen and oxygen atoms in total. The Morgan fingerprint density at radius 3 is 2.43 bits per heavy atom. The summed E-state index contributed by atoms with van der Waals surface area (Å²) in [5.74, 6) is -1.66. The van der Waals surface area contributed by atoms with Gasteiger partial charge in [0.1, 0.15) is 6.04 Å². The summed E-state index contributed by atoms with van der Waals surface area (Å²) in [4.78, 5) is 35.2. The van der Waals surface area contributed by atoms with Gasteiger partial charge in [0.25, 0.3) is 5.91 Å². The molecule has 21 heavy (non-hydrogen) atoms. The van der Waals surface area contributed by atoms with Crippen molar-refractivity contribution < 1.29 is 19.5 Å². The van der Waals surface area contributed by atoms with Crippen LogP contribution in [0.25, 0.3) is 6.08 Å². The number of carboxylic acids is 1. The molecule has 0 aliphatic heterocycles. The minimum atomic E-state index is -1.05. The molecule has 0 saturated heterocycles. The number of rotatable bonds is 6. The highest BCUT2D eigenvalue weighted by Crippen LogP contribution is 2.18. The highest BCUT2D eigenvalue weighted by molar-refractivity contribution is 7.14. The maximum Gasteiger partial charge on any atom is 0.328 e. The van der Waals surface area contributed by atoms with Crippen LogP contribution in [0, 0.1) is 0 Å². The lowest BCUT2D eigenvalue weighted by Gasteiger charge is -2.15. The van der Waals surface area contributed by atoms with Crippen LogP contribution in [0.4, 0.5) is 0 Å². The zero-order chi connectivity index (χ0) is 16.0. The first-order chi connectivity index (χ1) is 9.79. The highest BCUT2D eigenvalue weighted by atomic mass is 32.1. The van der Waals surface area contributed by atoms with Gasteiger partial charge in [0.15, 0.2) is 0 Å². The van der Waals surface area contributed by atoms with Crippen molar-refractivity contribution in [2.75, 3.05) is 0 Å². The van der Waals surface area contributed by atoms with Crippen molar-refractivity contribution in [2.45, 2.75) is 32.9 Å². The van der Waals surface area contributed by atoms with Gasteiger partial charge >= 0.3 is 5.97 Å². The molecular weight excluding hydrogens is 292 g/mol. The molecule has 1 rings (SSSR count). The van der Waals surface area contributed by atoms with Crippen LogP contribution in [0.3, 0.4) is 0 Å². The fourth-order valence-electron chi connectivity index (χ4n) is 1.46. The topological polar surface area (TPSA) is 95.5 Å². The van der Waals surface area contributed by atoms with Crippen molar-refractivity contribution >= 4 is 35.2 Å². The maximum atomic E-state index is 12.0. The number of hydrogen-bond donors (Lipinski definition) is 3. The van der Waals surface area contributed by atoms with E-state index >= 15 is 0 Å². The Kier molecular flexibility index (Phi) is 6.10. The van der Waals surface area contributed by atoms with Gasteiger partial charge in [-0.3, -0.25) is 9.59 Å². The second-order valence-corrected chi connectivity index (χ2v) is 5.85. The van der Waals surface area contributed by atoms with E-state index in [1.165, 1.54) is 6.08 Å². The molecule has 1 aromatic heterocycles. The summed E-state index contributed by atoms with van der Waals surface area (Å²) in [6, 6.07) is 2.61. The van der Waals surface area contributed by atoms with Gasteiger partial charge in [-0.15, -0.1) is 11.3 Å². The lowest BCUT2D eigenvalue weighted by Crippen LogP contribution is -2.46. The van der Waals surface area contributed by atoms with Crippen molar-refractivity contribution in [1.82, 2.24) is 10.6 Å². The standard InChI is InChI=1S/C14H18N2O4S/c1-8(2)15-13(19)9(3)16-14(20)11-6-4-10(21-11)5-7-12(17)18/h4-9H,1-3H3,(H,15,19)(H,16,20)(H,17,18)/b7-5+. The number of aliphatic carboxylic acids is 1. The SMILES string of the molecule is CC(C)NC(=O)C(C)NC(=O)c1ccc(/C=C/C(=O)O)s1. The van der Waals surface area contributed by atoms with Crippen LogP contribution in [-0.2, 0) is 9.59 Å². The molecule has 1 aromatic rings. The second-order valence-electron chi connectivity index (χ2n) is 4.73. The minimum Gasteiger partial charge on any atom is -0.478 e. The molecule has 1 atom stereocenters. The third kappa shape index (κ3) is 5.78. The van der Waals surface area contributed by atoms with Crippen molar-refractivity contribution in [1.29, 1.82) is 0 Å². The number of carbonyl (C=O) groups is 3. The molecule has 0 fully saturated rings. The molecule has 0 aliphatic carbocycles. The molecule has 0 spiro atoms. The first-order valence-corrected chi connectivity index (χ1v) is 7.23. The molecule has 0 aliphatic rings. The maximum absolute atomic E-state index is 12.0. The van der Waals surface area contributed by atoms with Gasteiger partial charge < -0.3 is 15.7 Å². The first-order valence-electron chi connectivity index (χ1n) is 6.41. The van der Waals surface area contributed by atoms with Crippen LogP contribution in [0.15, 0.2) is 18.2 Å². The van der Waals surface area contributed by atoms with Gasteiger partial charge in [-0.1, -0.05) is 0 Å². The molecule has 0 saturated carbocycles. The van der Waals surface area contributed by atoms with Crippen LogP contribution >= 0.6 is 11.3 Å². The zero-order valence-corrected chi connectivity index (χ0v) is 12.9. The van der Waals surface area contributed by atoms with Crippen LogP contribution in [0.1, 0.15) is 35.3 Å². The Hall–Kier alpha value is -2.15. The van der Waals surface area contributed by atoms with E-state index in [1.54, 1.807) is 19.1 Å². The number of amides is 2. The number of carboxylic acid groups (broad SMARTS) is 1. The zero-order valence-electron chi connectivity index (χ0n) is 12.0. The van der Waals surface area contributed by atoms with Crippen molar-refractivity contribution in [3.63, 3.8) is 0 Å². The third-order valence-electron chi connectivity index (χ3n) is 2.41. The van der Waals surface area contributed by atoms with Crippen molar-refractivity contribution in [2.24, 2.45) is 0 Å². The van der Waals surface area contributed by atoms with E-state index < -0.39 is 12.0 Å². The molecule has 0 radical (unpaired) electrons. The van der Waals surface area contributed by atoms with E-state index in [0.29, 0.717) is 9.75 Å². The molecule has 0 aromatic carbocycles. The minimum absolute atomic E-state index is 0.00588. The summed E-state index contributed by atoms with van der Waals surface area (Å²) in [6.07, 6.45) is 2.42. The van der Waals surface area contributed by atoms with Gasteiger partial charge in [0, 0.05) is 17.0 Å². The van der Waals surface area contributed by atoms with Gasteiger partial charge in [0.05, 0.1) is 4.88 Å². The number of thiophene rings is 1. The van der Waals surface area contributed by atoms with E-state index in [0.717, 1.165) is 17.4 Å². The Balaban J connectivity index is 2.64. The normalized spacial score (nSPS) is 12.4. The Morgan fingerprint density at radius 1 is 1.19 bits per heavy atom. The van der Waals surface area contributed by atoms with Crippen molar-refractivity contribution in [3.05, 3.63) is 28.0 Å². The van der Waals surface area contributed by atoms with E-state index in [-0.39, 0.29) is 17.9 Å². The number of carbonyl (C=O) groups excluding carboxylic acids is 2. The van der Waals surface area contributed by atoms with Gasteiger partial charge in [-0.25, -0.2) is 4.79 Å². The summed E-state index contributed by atoms with van der Waals surface area (Å²) >= 11 is 1.16. The monoisotopic (exact) mass is 310 g/mol. The Morgan fingerprint density at radius 2 is 1.86 bits per heavy atom. The largest absolute Gasteiger partial charge is 0.478 e. The number of hydrogen-bond acceptors (Lipinski definition) is 4. The smallest absolute Gasteiger partial charge is 0.328 e. The Bertz CT molecular complexity index is 563. The van der Waals surface area contributed by atoms with E-state index in [4.69, 9.17) is 5.11 Å². The molecule has 0 bridgehead atoms. The quantitative estimate of drug-likeness (QED) is 0.694. The van der Waals surface area contributed by atoms with Crippen LogP contribution < -0.4 is 10.6 Å². The molecule has 1 heterocycles. The summed E-state index contributed by atoms with van der Waals surface area (Å²) in [6.45, 7) is 5.29. The highest BCUT2D eigenvalue weighted by Gasteiger charge is 2.17. The van der Waals surface area contributed by atoms with Gasteiger partial charge in [0.2, 0.25) is 5.91 Å². The average molecular weight is 310 g/mol. The lowest BCUT2D eigenvalue weighted by molar-refractivity contribution is -0.131. The molecule has 2 amide bonds. The molecule has 3 N–H and O–H groups in total. The summed E-state index contributed by atoms with van der Waals surface area (Å²) < 4.78 is 0. The van der Waals surface area contributed by atoms with E-state index in [1.807, 2.05) is 13.8 Å². The van der Waals surface area contributed by atoms with E-state index in [9.17, 15) is 14.4 Å². The summed E-state index contributed by atoms with van der Waals surface area (Å²) in [5, 5.41) is 13.8.